The predicted octanol–water partition coefficient (Wildman–Crippen LogP) is 1.52. The lowest BCUT2D eigenvalue weighted by Gasteiger charge is -2.05. The fourth-order valence-corrected chi connectivity index (χ4v) is 1.72. The molecule has 18 heavy (non-hydrogen) atoms. The van der Waals surface area contributed by atoms with Crippen molar-refractivity contribution in [1.82, 2.24) is 19.7 Å². The van der Waals surface area contributed by atoms with E-state index >= 15 is 0 Å². The van der Waals surface area contributed by atoms with Gasteiger partial charge in [0.1, 0.15) is 11.8 Å². The SMILES string of the molecule is COCCn1c(-c2ccc(C#N)cn2)n[nH]c1=S. The molecule has 0 aliphatic rings. The molecule has 0 saturated heterocycles. The summed E-state index contributed by atoms with van der Waals surface area (Å²) in [5, 5.41) is 15.6. The Morgan fingerprint density at radius 2 is 2.39 bits per heavy atom. The van der Waals surface area contributed by atoms with Gasteiger partial charge in [0.25, 0.3) is 0 Å². The van der Waals surface area contributed by atoms with Crippen LogP contribution in [0.2, 0.25) is 0 Å². The van der Waals surface area contributed by atoms with Gasteiger partial charge in [0, 0.05) is 13.3 Å². The minimum Gasteiger partial charge on any atom is -0.383 e. The molecular weight excluding hydrogens is 250 g/mol. The van der Waals surface area contributed by atoms with E-state index in [0.717, 1.165) is 0 Å². The molecule has 2 aromatic heterocycles. The van der Waals surface area contributed by atoms with Gasteiger partial charge in [0.15, 0.2) is 10.6 Å². The van der Waals surface area contributed by atoms with Gasteiger partial charge in [-0.1, -0.05) is 0 Å². The van der Waals surface area contributed by atoms with Crippen molar-refractivity contribution < 1.29 is 4.74 Å². The van der Waals surface area contributed by atoms with Crippen LogP contribution in [0.5, 0.6) is 0 Å². The Kier molecular flexibility index (Phi) is 3.82. The summed E-state index contributed by atoms with van der Waals surface area (Å²) >= 11 is 5.14. The van der Waals surface area contributed by atoms with Crippen LogP contribution in [0.4, 0.5) is 0 Å². The monoisotopic (exact) mass is 261 g/mol. The van der Waals surface area contributed by atoms with Gasteiger partial charge in [0.05, 0.1) is 18.7 Å². The smallest absolute Gasteiger partial charge is 0.195 e. The number of nitriles is 1. The number of nitrogens with zero attached hydrogens (tertiary/aromatic N) is 4. The number of pyridine rings is 1. The average Bonchev–Trinajstić information content (AvgIpc) is 2.78. The molecule has 2 heterocycles. The van der Waals surface area contributed by atoms with E-state index in [0.29, 0.717) is 35.0 Å². The van der Waals surface area contributed by atoms with E-state index in [1.165, 1.54) is 6.20 Å². The van der Waals surface area contributed by atoms with Gasteiger partial charge in [-0.05, 0) is 24.4 Å². The molecule has 0 unspecified atom stereocenters. The first kappa shape index (κ1) is 12.4. The van der Waals surface area contributed by atoms with E-state index in [9.17, 15) is 0 Å². The first-order valence-electron chi connectivity index (χ1n) is 5.27. The number of hydrogen-bond acceptors (Lipinski definition) is 5. The second-order valence-electron chi connectivity index (χ2n) is 3.54. The van der Waals surface area contributed by atoms with Crippen molar-refractivity contribution in [3.63, 3.8) is 0 Å². The number of methoxy groups -OCH3 is 1. The third kappa shape index (κ3) is 2.45. The van der Waals surface area contributed by atoms with E-state index in [1.807, 2.05) is 10.6 Å². The predicted molar refractivity (Wildman–Crippen MR) is 67.2 cm³/mol. The van der Waals surface area contributed by atoms with Crippen molar-refractivity contribution in [2.24, 2.45) is 0 Å². The molecule has 2 rings (SSSR count). The van der Waals surface area contributed by atoms with Gasteiger partial charge < -0.3 is 4.74 Å². The number of aromatic nitrogens is 4. The summed E-state index contributed by atoms with van der Waals surface area (Å²) in [6.45, 7) is 1.14. The van der Waals surface area contributed by atoms with Crippen molar-refractivity contribution in [2.45, 2.75) is 6.54 Å². The lowest BCUT2D eigenvalue weighted by molar-refractivity contribution is 0.187. The topological polar surface area (TPSA) is 79.5 Å². The Morgan fingerprint density at radius 3 is 3.00 bits per heavy atom. The summed E-state index contributed by atoms with van der Waals surface area (Å²) in [6, 6.07) is 5.46. The van der Waals surface area contributed by atoms with E-state index in [4.69, 9.17) is 22.2 Å². The second-order valence-corrected chi connectivity index (χ2v) is 3.93. The molecule has 1 N–H and O–H groups in total. The summed E-state index contributed by atoms with van der Waals surface area (Å²) in [5.74, 6) is 0.640. The normalized spacial score (nSPS) is 10.2. The van der Waals surface area contributed by atoms with Crippen LogP contribution < -0.4 is 0 Å². The van der Waals surface area contributed by atoms with Crippen molar-refractivity contribution in [2.75, 3.05) is 13.7 Å². The lowest BCUT2D eigenvalue weighted by atomic mass is 10.2. The Labute approximate surface area is 109 Å². The largest absolute Gasteiger partial charge is 0.383 e. The Hall–Kier alpha value is -2.04. The molecule has 0 aromatic carbocycles. The number of H-pyrrole nitrogens is 1. The highest BCUT2D eigenvalue weighted by molar-refractivity contribution is 7.71. The van der Waals surface area contributed by atoms with Crippen LogP contribution in [0.1, 0.15) is 5.56 Å². The van der Waals surface area contributed by atoms with Crippen LogP contribution in [-0.4, -0.2) is 33.5 Å². The van der Waals surface area contributed by atoms with Gasteiger partial charge in [0.2, 0.25) is 0 Å². The molecule has 0 bridgehead atoms. The molecule has 0 atom stereocenters. The van der Waals surface area contributed by atoms with Crippen molar-refractivity contribution >= 4 is 12.2 Å². The summed E-state index contributed by atoms with van der Waals surface area (Å²) in [6.07, 6.45) is 1.51. The molecule has 0 saturated carbocycles. The van der Waals surface area contributed by atoms with Crippen LogP contribution in [0.15, 0.2) is 18.3 Å². The quantitative estimate of drug-likeness (QED) is 0.844. The maximum atomic E-state index is 8.72. The van der Waals surface area contributed by atoms with Crippen LogP contribution in [0.25, 0.3) is 11.5 Å². The maximum absolute atomic E-state index is 8.72. The van der Waals surface area contributed by atoms with Gasteiger partial charge in [-0.3, -0.25) is 14.6 Å². The summed E-state index contributed by atoms with van der Waals surface area (Å²) in [7, 11) is 1.63. The molecule has 0 radical (unpaired) electrons. The standard InChI is InChI=1S/C11H11N5OS/c1-17-5-4-16-10(14-15-11(16)18)9-3-2-8(6-12)7-13-9/h2-3,7H,4-5H2,1H3,(H,15,18). The van der Waals surface area contributed by atoms with Crippen LogP contribution >= 0.6 is 12.2 Å². The highest BCUT2D eigenvalue weighted by atomic mass is 32.1. The van der Waals surface area contributed by atoms with Gasteiger partial charge in [-0.2, -0.15) is 10.4 Å². The second kappa shape index (κ2) is 5.53. The highest BCUT2D eigenvalue weighted by Gasteiger charge is 2.09. The Bertz CT molecular complexity index is 622. The summed E-state index contributed by atoms with van der Waals surface area (Å²) in [5.41, 5.74) is 1.17. The average molecular weight is 261 g/mol. The van der Waals surface area contributed by atoms with Gasteiger partial charge in [-0.15, -0.1) is 0 Å². The fourth-order valence-electron chi connectivity index (χ4n) is 1.50. The zero-order valence-electron chi connectivity index (χ0n) is 9.75. The summed E-state index contributed by atoms with van der Waals surface area (Å²) < 4.78 is 7.36. The molecule has 0 fully saturated rings. The molecular formula is C11H11N5OS. The number of nitrogens with one attached hydrogen (secondary N) is 1. The van der Waals surface area contributed by atoms with Gasteiger partial charge >= 0.3 is 0 Å². The van der Waals surface area contributed by atoms with Crippen LogP contribution in [-0.2, 0) is 11.3 Å². The molecule has 2 aromatic rings. The Balaban J connectivity index is 2.38. The number of ether oxygens (including phenoxy) is 1. The van der Waals surface area contributed by atoms with E-state index in [1.54, 1.807) is 19.2 Å². The van der Waals surface area contributed by atoms with Crippen molar-refractivity contribution in [3.8, 4) is 17.6 Å². The Morgan fingerprint density at radius 1 is 1.56 bits per heavy atom. The minimum absolute atomic E-state index is 0.510. The lowest BCUT2D eigenvalue weighted by Crippen LogP contribution is -2.06. The zero-order valence-corrected chi connectivity index (χ0v) is 10.6. The van der Waals surface area contributed by atoms with E-state index in [-0.39, 0.29) is 0 Å². The first-order chi connectivity index (χ1) is 8.76. The molecule has 7 heteroatoms. The van der Waals surface area contributed by atoms with E-state index < -0.39 is 0 Å². The molecule has 0 amide bonds. The van der Waals surface area contributed by atoms with E-state index in [2.05, 4.69) is 15.2 Å². The summed E-state index contributed by atoms with van der Waals surface area (Å²) in [4.78, 5) is 4.19. The minimum atomic E-state index is 0.510. The number of aromatic amines is 1. The zero-order chi connectivity index (χ0) is 13.0. The fraction of sp³-hybridized carbons (Fsp3) is 0.273. The number of hydrogen-bond donors (Lipinski definition) is 1. The first-order valence-corrected chi connectivity index (χ1v) is 5.67. The third-order valence-corrected chi connectivity index (χ3v) is 2.71. The molecule has 92 valence electrons. The van der Waals surface area contributed by atoms with Crippen molar-refractivity contribution in [3.05, 3.63) is 28.7 Å². The molecule has 6 nitrogen and oxygen atoms in total. The van der Waals surface area contributed by atoms with Crippen LogP contribution in [0, 0.1) is 16.1 Å². The third-order valence-electron chi connectivity index (χ3n) is 2.40. The molecule has 0 spiro atoms. The molecule has 0 aliphatic heterocycles. The molecule has 0 aliphatic carbocycles. The highest BCUT2D eigenvalue weighted by Crippen LogP contribution is 2.14. The maximum Gasteiger partial charge on any atom is 0.195 e. The van der Waals surface area contributed by atoms with Gasteiger partial charge in [-0.25, -0.2) is 0 Å². The van der Waals surface area contributed by atoms with Crippen molar-refractivity contribution in [1.29, 1.82) is 5.26 Å². The number of rotatable bonds is 4. The van der Waals surface area contributed by atoms with Crippen LogP contribution in [0.3, 0.4) is 0 Å².